The van der Waals surface area contributed by atoms with E-state index in [2.05, 4.69) is 0 Å². The first-order valence-corrected chi connectivity index (χ1v) is 8.05. The molecule has 2 atom stereocenters. The zero-order valence-electron chi connectivity index (χ0n) is 14.9. The van der Waals surface area contributed by atoms with Gasteiger partial charge in [0.05, 0.1) is 26.3 Å². The number of rotatable bonds is 5. The number of carbonyl (C=O) groups excluding carboxylic acids is 2. The quantitative estimate of drug-likeness (QED) is 0.344. The van der Waals surface area contributed by atoms with Gasteiger partial charge in [0.1, 0.15) is 17.4 Å². The van der Waals surface area contributed by atoms with Gasteiger partial charge >= 0.3 is 5.97 Å². The van der Waals surface area contributed by atoms with E-state index in [-0.39, 0.29) is 5.69 Å². The zero-order valence-corrected chi connectivity index (χ0v) is 14.9. The fraction of sp³-hybridized carbons (Fsp3) is 0.263. The number of methoxy groups -OCH3 is 3. The molecule has 0 aliphatic heterocycles. The summed E-state index contributed by atoms with van der Waals surface area (Å²) in [7, 11) is 4.13. The van der Waals surface area contributed by atoms with Crippen molar-refractivity contribution >= 4 is 17.4 Å². The molecule has 0 saturated heterocycles. The standard InChI is InChI=1S/C19H17NO7/c1-25-12-8-13-16(14(9-12)26-2)15(17(18(13)21)19(22)27-3)10-4-6-11(7-5-10)20(23)24/h4-9,15,17H,1-3H3/t15-,17+/m0/s1. The predicted molar refractivity (Wildman–Crippen MR) is 94.3 cm³/mol. The number of esters is 1. The highest BCUT2D eigenvalue weighted by molar-refractivity contribution is 6.14. The molecule has 1 aliphatic carbocycles. The average molecular weight is 371 g/mol. The van der Waals surface area contributed by atoms with E-state index in [4.69, 9.17) is 14.2 Å². The van der Waals surface area contributed by atoms with Gasteiger partial charge in [-0.2, -0.15) is 0 Å². The molecule has 2 aromatic rings. The van der Waals surface area contributed by atoms with E-state index in [0.29, 0.717) is 28.2 Å². The Balaban J connectivity index is 2.22. The Labute approximate surface area is 154 Å². The fourth-order valence-corrected chi connectivity index (χ4v) is 3.43. The van der Waals surface area contributed by atoms with Crippen molar-refractivity contribution in [1.82, 2.24) is 0 Å². The molecule has 0 unspecified atom stereocenters. The number of hydrogen-bond donors (Lipinski definition) is 0. The third kappa shape index (κ3) is 2.99. The normalized spacial score (nSPS) is 18.0. The summed E-state index contributed by atoms with van der Waals surface area (Å²) in [5.74, 6) is -2.05. The molecule has 2 aromatic carbocycles. The van der Waals surface area contributed by atoms with Crippen LogP contribution in [-0.2, 0) is 9.53 Å². The Morgan fingerprint density at radius 1 is 1.07 bits per heavy atom. The maximum atomic E-state index is 13.0. The van der Waals surface area contributed by atoms with Crippen molar-refractivity contribution < 1.29 is 28.7 Å². The Morgan fingerprint density at radius 3 is 2.26 bits per heavy atom. The number of ether oxygens (including phenoxy) is 3. The number of Topliss-reactive ketones (excluding diaryl/α,β-unsaturated/α-hetero) is 1. The predicted octanol–water partition coefficient (Wildman–Crippen LogP) is 2.73. The van der Waals surface area contributed by atoms with E-state index in [1.54, 1.807) is 12.1 Å². The van der Waals surface area contributed by atoms with Crippen LogP contribution in [0.25, 0.3) is 0 Å². The first-order chi connectivity index (χ1) is 12.9. The summed E-state index contributed by atoms with van der Waals surface area (Å²) in [6, 6.07) is 8.92. The highest BCUT2D eigenvalue weighted by Gasteiger charge is 2.48. The molecule has 3 rings (SSSR count). The van der Waals surface area contributed by atoms with Gasteiger partial charge in [-0.15, -0.1) is 0 Å². The summed E-state index contributed by atoms with van der Waals surface area (Å²) >= 11 is 0. The van der Waals surface area contributed by atoms with Gasteiger partial charge in [-0.1, -0.05) is 12.1 Å². The molecule has 1 aliphatic rings. The lowest BCUT2D eigenvalue weighted by molar-refractivity contribution is -0.384. The third-order valence-corrected chi connectivity index (χ3v) is 4.68. The molecule has 0 fully saturated rings. The lowest BCUT2D eigenvalue weighted by atomic mass is 9.85. The summed E-state index contributed by atoms with van der Waals surface area (Å²) in [4.78, 5) is 35.8. The van der Waals surface area contributed by atoms with Gasteiger partial charge in [0.2, 0.25) is 0 Å². The molecule has 0 spiro atoms. The number of nitro benzene ring substituents is 1. The monoisotopic (exact) mass is 371 g/mol. The van der Waals surface area contributed by atoms with E-state index >= 15 is 0 Å². The van der Waals surface area contributed by atoms with E-state index in [9.17, 15) is 19.7 Å². The molecule has 0 radical (unpaired) electrons. The van der Waals surface area contributed by atoms with Crippen LogP contribution in [0.5, 0.6) is 11.5 Å². The molecule has 0 bridgehead atoms. The molecule has 0 amide bonds. The van der Waals surface area contributed by atoms with Crippen LogP contribution < -0.4 is 9.47 Å². The Kier molecular flexibility index (Phi) is 4.81. The topological polar surface area (TPSA) is 105 Å². The number of benzene rings is 2. The van der Waals surface area contributed by atoms with Crippen LogP contribution in [0.2, 0.25) is 0 Å². The molecule has 8 heteroatoms. The molecule has 8 nitrogen and oxygen atoms in total. The lowest BCUT2D eigenvalue weighted by Crippen LogP contribution is -2.26. The number of nitrogens with zero attached hydrogens (tertiary/aromatic N) is 1. The molecule has 0 N–H and O–H groups in total. The molecular formula is C19H17NO7. The van der Waals surface area contributed by atoms with Crippen molar-refractivity contribution in [3.8, 4) is 11.5 Å². The minimum Gasteiger partial charge on any atom is -0.497 e. The highest BCUT2D eigenvalue weighted by atomic mass is 16.6. The van der Waals surface area contributed by atoms with E-state index in [1.165, 1.54) is 45.6 Å². The van der Waals surface area contributed by atoms with Gasteiger partial charge in [0.25, 0.3) is 5.69 Å². The second-order valence-corrected chi connectivity index (χ2v) is 5.98. The summed E-state index contributed by atoms with van der Waals surface area (Å²) < 4.78 is 15.5. The lowest BCUT2D eigenvalue weighted by Gasteiger charge is -2.19. The summed E-state index contributed by atoms with van der Waals surface area (Å²) in [6.45, 7) is 0. The molecule has 0 heterocycles. The number of non-ortho nitro benzene ring substituents is 1. The largest absolute Gasteiger partial charge is 0.497 e. The Morgan fingerprint density at radius 2 is 1.74 bits per heavy atom. The Bertz CT molecular complexity index is 920. The van der Waals surface area contributed by atoms with Gasteiger partial charge in [0.15, 0.2) is 5.78 Å². The van der Waals surface area contributed by atoms with E-state index < -0.39 is 28.5 Å². The Hall–Kier alpha value is -3.42. The molecule has 140 valence electrons. The molecule has 0 aromatic heterocycles. The van der Waals surface area contributed by atoms with Crippen LogP contribution in [0.1, 0.15) is 27.4 Å². The first-order valence-electron chi connectivity index (χ1n) is 8.05. The number of hydrogen-bond acceptors (Lipinski definition) is 7. The van der Waals surface area contributed by atoms with Gasteiger partial charge in [-0.3, -0.25) is 19.7 Å². The molecule has 27 heavy (non-hydrogen) atoms. The van der Waals surface area contributed by atoms with Crippen LogP contribution in [0.3, 0.4) is 0 Å². The minimum absolute atomic E-state index is 0.0837. The summed E-state index contributed by atoms with van der Waals surface area (Å²) in [5.41, 5.74) is 1.34. The van der Waals surface area contributed by atoms with Crippen molar-refractivity contribution in [2.45, 2.75) is 5.92 Å². The highest BCUT2D eigenvalue weighted by Crippen LogP contribution is 2.48. The van der Waals surface area contributed by atoms with Crippen LogP contribution in [0.15, 0.2) is 36.4 Å². The number of nitro groups is 1. The van der Waals surface area contributed by atoms with E-state index in [1.807, 2.05) is 0 Å². The van der Waals surface area contributed by atoms with Gasteiger partial charge in [-0.05, 0) is 11.6 Å². The fourth-order valence-electron chi connectivity index (χ4n) is 3.43. The second-order valence-electron chi connectivity index (χ2n) is 5.98. The summed E-state index contributed by atoms with van der Waals surface area (Å²) in [5, 5.41) is 10.9. The van der Waals surface area contributed by atoms with Crippen LogP contribution in [-0.4, -0.2) is 38.0 Å². The number of carbonyl (C=O) groups is 2. The maximum absolute atomic E-state index is 13.0. The van der Waals surface area contributed by atoms with Crippen molar-refractivity contribution in [2.75, 3.05) is 21.3 Å². The van der Waals surface area contributed by atoms with E-state index in [0.717, 1.165) is 0 Å². The van der Waals surface area contributed by atoms with Crippen LogP contribution in [0, 0.1) is 16.0 Å². The van der Waals surface area contributed by atoms with Crippen LogP contribution in [0.4, 0.5) is 5.69 Å². The summed E-state index contributed by atoms with van der Waals surface area (Å²) in [6.07, 6.45) is 0. The third-order valence-electron chi connectivity index (χ3n) is 4.68. The average Bonchev–Trinajstić information content (AvgIpc) is 2.99. The minimum atomic E-state index is -1.10. The SMILES string of the molecule is COC(=O)[C@H]1C(=O)c2cc(OC)cc(OC)c2[C@@H]1c1ccc([N+](=O)[O-])cc1. The maximum Gasteiger partial charge on any atom is 0.317 e. The van der Waals surface area contributed by atoms with Crippen molar-refractivity contribution in [3.05, 3.63) is 63.2 Å². The molecule has 0 saturated carbocycles. The number of ketones is 1. The van der Waals surface area contributed by atoms with Gasteiger partial charge in [0, 0.05) is 35.2 Å². The molecular weight excluding hydrogens is 354 g/mol. The van der Waals surface area contributed by atoms with Crippen molar-refractivity contribution in [2.24, 2.45) is 5.92 Å². The van der Waals surface area contributed by atoms with Crippen molar-refractivity contribution in [3.63, 3.8) is 0 Å². The van der Waals surface area contributed by atoms with Gasteiger partial charge in [-0.25, -0.2) is 0 Å². The zero-order chi connectivity index (χ0) is 19.7. The first kappa shape index (κ1) is 18.4. The number of fused-ring (bicyclic) bond motifs is 1. The van der Waals surface area contributed by atoms with Crippen LogP contribution >= 0.6 is 0 Å². The van der Waals surface area contributed by atoms with Crippen molar-refractivity contribution in [1.29, 1.82) is 0 Å². The second kappa shape index (κ2) is 7.06. The van der Waals surface area contributed by atoms with Gasteiger partial charge < -0.3 is 14.2 Å². The smallest absolute Gasteiger partial charge is 0.317 e.